The highest BCUT2D eigenvalue weighted by Gasteiger charge is 2.10. The first kappa shape index (κ1) is 16.8. The van der Waals surface area contributed by atoms with Crippen molar-refractivity contribution in [2.45, 2.75) is 6.61 Å². The number of pyridine rings is 1. The molecule has 0 aliphatic heterocycles. The van der Waals surface area contributed by atoms with Crippen LogP contribution in [0.5, 0.6) is 11.5 Å². The predicted molar refractivity (Wildman–Crippen MR) is 98.8 cm³/mol. The van der Waals surface area contributed by atoms with Crippen LogP contribution in [0, 0.1) is 5.82 Å². The van der Waals surface area contributed by atoms with Crippen molar-refractivity contribution in [1.29, 1.82) is 0 Å². The summed E-state index contributed by atoms with van der Waals surface area (Å²) in [6, 6.07) is 14.1. The Kier molecular flexibility index (Phi) is 4.29. The Labute approximate surface area is 153 Å². The maximum absolute atomic E-state index is 14.0. The maximum atomic E-state index is 14.0. The van der Waals surface area contributed by atoms with E-state index in [4.69, 9.17) is 15.2 Å². The molecule has 7 nitrogen and oxygen atoms in total. The fraction of sp³-hybridized carbons (Fsp3) is 0.105. The number of nitrogens with one attached hydrogen (secondary N) is 1. The van der Waals surface area contributed by atoms with Gasteiger partial charge in [0.1, 0.15) is 12.4 Å². The van der Waals surface area contributed by atoms with Gasteiger partial charge in [-0.1, -0.05) is 24.3 Å². The molecule has 0 saturated carbocycles. The number of nitrogens with zero attached hydrogens (tertiary/aromatic N) is 3. The monoisotopic (exact) mass is 365 g/mol. The van der Waals surface area contributed by atoms with E-state index in [1.807, 2.05) is 30.3 Å². The standard InChI is InChI=1S/C19H16FN5O2/c1-26-15-6-5-13(8-14(15)20)12-4-2-3-11(7-12)10-27-16-9-17(21)22-19-18(16)23-25-24-19/h2-9H,10H2,1H3,(H3,21,22,23,24,25). The second kappa shape index (κ2) is 6.91. The van der Waals surface area contributed by atoms with Crippen LogP contribution in [-0.2, 0) is 6.61 Å². The van der Waals surface area contributed by atoms with Crippen LogP contribution in [0.1, 0.15) is 5.56 Å². The number of ether oxygens (including phenoxy) is 2. The van der Waals surface area contributed by atoms with Gasteiger partial charge >= 0.3 is 0 Å². The van der Waals surface area contributed by atoms with E-state index in [1.54, 1.807) is 12.1 Å². The maximum Gasteiger partial charge on any atom is 0.207 e. The van der Waals surface area contributed by atoms with Crippen molar-refractivity contribution in [2.24, 2.45) is 0 Å². The van der Waals surface area contributed by atoms with Gasteiger partial charge in [0.2, 0.25) is 5.65 Å². The number of nitrogens with two attached hydrogens (primary N) is 1. The van der Waals surface area contributed by atoms with E-state index in [9.17, 15) is 4.39 Å². The molecule has 0 atom stereocenters. The van der Waals surface area contributed by atoms with Crippen LogP contribution < -0.4 is 15.2 Å². The topological polar surface area (TPSA) is 98.9 Å². The number of anilines is 1. The largest absolute Gasteiger partial charge is 0.494 e. The molecule has 4 rings (SSSR count). The quantitative estimate of drug-likeness (QED) is 0.563. The summed E-state index contributed by atoms with van der Waals surface area (Å²) in [7, 11) is 1.44. The molecule has 27 heavy (non-hydrogen) atoms. The van der Waals surface area contributed by atoms with Gasteiger partial charge in [0.05, 0.1) is 7.11 Å². The molecule has 0 saturated heterocycles. The molecule has 136 valence electrons. The SMILES string of the molecule is COc1ccc(-c2cccc(COc3cc(N)nc4n[nH]nc34)c2)cc1F. The lowest BCUT2D eigenvalue weighted by Crippen LogP contribution is -1.99. The molecule has 4 aromatic rings. The van der Waals surface area contributed by atoms with Crippen LogP contribution >= 0.6 is 0 Å². The van der Waals surface area contributed by atoms with E-state index < -0.39 is 5.82 Å². The minimum Gasteiger partial charge on any atom is -0.494 e. The summed E-state index contributed by atoms with van der Waals surface area (Å²) in [5.74, 6) is 0.600. The zero-order valence-electron chi connectivity index (χ0n) is 14.4. The number of aromatic nitrogens is 4. The lowest BCUT2D eigenvalue weighted by Gasteiger charge is -2.10. The summed E-state index contributed by atoms with van der Waals surface area (Å²) in [4.78, 5) is 4.07. The zero-order valence-corrected chi connectivity index (χ0v) is 14.4. The number of rotatable bonds is 5. The highest BCUT2D eigenvalue weighted by atomic mass is 19.1. The Bertz CT molecular complexity index is 1110. The number of benzene rings is 2. The number of methoxy groups -OCH3 is 1. The van der Waals surface area contributed by atoms with Gasteiger partial charge in [0, 0.05) is 6.07 Å². The molecule has 0 aliphatic carbocycles. The van der Waals surface area contributed by atoms with Gasteiger partial charge in [-0.3, -0.25) is 0 Å². The van der Waals surface area contributed by atoms with E-state index in [1.165, 1.54) is 13.2 Å². The smallest absolute Gasteiger partial charge is 0.207 e. The average Bonchev–Trinajstić information content (AvgIpc) is 3.14. The highest BCUT2D eigenvalue weighted by molar-refractivity contribution is 5.78. The number of fused-ring (bicyclic) bond motifs is 1. The minimum absolute atomic E-state index is 0.213. The summed E-state index contributed by atoms with van der Waals surface area (Å²) in [6.45, 7) is 0.290. The Morgan fingerprint density at radius 2 is 1.89 bits per heavy atom. The summed E-state index contributed by atoms with van der Waals surface area (Å²) in [6.07, 6.45) is 0. The molecule has 0 spiro atoms. The molecule has 3 N–H and O–H groups in total. The van der Waals surface area contributed by atoms with Crippen molar-refractivity contribution >= 4 is 17.0 Å². The van der Waals surface area contributed by atoms with Crippen molar-refractivity contribution in [2.75, 3.05) is 12.8 Å². The van der Waals surface area contributed by atoms with Gasteiger partial charge in [-0.15, -0.1) is 5.10 Å². The molecule has 2 heterocycles. The van der Waals surface area contributed by atoms with E-state index in [2.05, 4.69) is 20.4 Å². The predicted octanol–water partition coefficient (Wildman–Crippen LogP) is 3.33. The molecule has 2 aromatic heterocycles. The lowest BCUT2D eigenvalue weighted by atomic mass is 10.0. The molecular formula is C19H16FN5O2. The highest BCUT2D eigenvalue weighted by Crippen LogP contribution is 2.27. The first-order valence-electron chi connectivity index (χ1n) is 8.16. The third-order valence-corrected chi connectivity index (χ3v) is 4.08. The van der Waals surface area contributed by atoms with Gasteiger partial charge in [0.15, 0.2) is 22.8 Å². The summed E-state index contributed by atoms with van der Waals surface area (Å²) in [5, 5.41) is 10.5. The van der Waals surface area contributed by atoms with Crippen LogP contribution in [0.2, 0.25) is 0 Å². The van der Waals surface area contributed by atoms with Crippen molar-refractivity contribution < 1.29 is 13.9 Å². The second-order valence-electron chi connectivity index (χ2n) is 5.88. The van der Waals surface area contributed by atoms with E-state index >= 15 is 0 Å². The Balaban J connectivity index is 1.58. The third kappa shape index (κ3) is 3.37. The number of H-pyrrole nitrogens is 1. The molecule has 0 fully saturated rings. The van der Waals surface area contributed by atoms with Crippen LogP contribution in [-0.4, -0.2) is 27.5 Å². The number of nitrogen functional groups attached to an aromatic ring is 1. The fourth-order valence-electron chi connectivity index (χ4n) is 2.78. The minimum atomic E-state index is -0.405. The number of aromatic amines is 1. The van der Waals surface area contributed by atoms with Crippen LogP contribution in [0.15, 0.2) is 48.5 Å². The Morgan fingerprint density at radius 1 is 1.04 bits per heavy atom. The number of hydrogen-bond acceptors (Lipinski definition) is 6. The van der Waals surface area contributed by atoms with E-state index in [-0.39, 0.29) is 12.4 Å². The zero-order chi connectivity index (χ0) is 18.8. The van der Waals surface area contributed by atoms with Gasteiger partial charge in [0.25, 0.3) is 0 Å². The van der Waals surface area contributed by atoms with E-state index in [0.29, 0.717) is 22.7 Å². The van der Waals surface area contributed by atoms with Crippen molar-refractivity contribution in [3.8, 4) is 22.6 Å². The van der Waals surface area contributed by atoms with Crippen LogP contribution in [0.4, 0.5) is 10.2 Å². The Morgan fingerprint density at radius 3 is 2.70 bits per heavy atom. The van der Waals surface area contributed by atoms with Gasteiger partial charge in [-0.05, 0) is 34.9 Å². The molecule has 0 aliphatic rings. The van der Waals surface area contributed by atoms with Crippen molar-refractivity contribution in [1.82, 2.24) is 20.4 Å². The summed E-state index contributed by atoms with van der Waals surface area (Å²) in [5.41, 5.74) is 9.22. The van der Waals surface area contributed by atoms with Crippen LogP contribution in [0.25, 0.3) is 22.3 Å². The lowest BCUT2D eigenvalue weighted by molar-refractivity contribution is 0.309. The van der Waals surface area contributed by atoms with Gasteiger partial charge < -0.3 is 15.2 Å². The van der Waals surface area contributed by atoms with Gasteiger partial charge in [-0.25, -0.2) is 9.37 Å². The average molecular weight is 365 g/mol. The molecule has 0 amide bonds. The second-order valence-corrected chi connectivity index (χ2v) is 5.88. The summed E-state index contributed by atoms with van der Waals surface area (Å²) < 4.78 is 24.8. The van der Waals surface area contributed by atoms with Crippen molar-refractivity contribution in [3.05, 3.63) is 59.9 Å². The Hall–Kier alpha value is -3.68. The molecule has 0 bridgehead atoms. The number of hydrogen-bond donors (Lipinski definition) is 2. The normalized spacial score (nSPS) is 10.9. The summed E-state index contributed by atoms with van der Waals surface area (Å²) >= 11 is 0. The number of halogens is 1. The molecule has 0 unspecified atom stereocenters. The van der Waals surface area contributed by atoms with Crippen LogP contribution in [0.3, 0.4) is 0 Å². The first-order valence-corrected chi connectivity index (χ1v) is 8.16. The first-order chi connectivity index (χ1) is 13.1. The molecule has 8 heteroatoms. The van der Waals surface area contributed by atoms with Gasteiger partial charge in [-0.2, -0.15) is 10.3 Å². The molecule has 2 aromatic carbocycles. The molecule has 0 radical (unpaired) electrons. The molecular weight excluding hydrogens is 349 g/mol. The fourth-order valence-corrected chi connectivity index (χ4v) is 2.78. The van der Waals surface area contributed by atoms with Crippen molar-refractivity contribution in [3.63, 3.8) is 0 Å². The van der Waals surface area contributed by atoms with E-state index in [0.717, 1.165) is 16.7 Å². The third-order valence-electron chi connectivity index (χ3n) is 4.08.